The lowest BCUT2D eigenvalue weighted by Crippen LogP contribution is -2.05. The summed E-state index contributed by atoms with van der Waals surface area (Å²) in [6.07, 6.45) is 0. The fourth-order valence-electron chi connectivity index (χ4n) is 1.61. The normalized spacial score (nSPS) is 10.2. The SMILES string of the molecule is N=C(c1cccc(SN)c1)c1ccccc1N. The molecule has 0 radical (unpaired) electrons. The van der Waals surface area contributed by atoms with Crippen LogP contribution in [0.2, 0.25) is 0 Å². The molecule has 0 saturated carbocycles. The number of hydrogen-bond acceptors (Lipinski definition) is 4. The Morgan fingerprint density at radius 1 is 1.06 bits per heavy atom. The molecule has 0 bridgehead atoms. The van der Waals surface area contributed by atoms with Crippen LogP contribution in [0.5, 0.6) is 0 Å². The standard InChI is InChI=1S/C13H13N3S/c14-12-7-2-1-6-11(12)13(15)9-4-3-5-10(8-9)17-16/h1-8,15H,14,16H2. The van der Waals surface area contributed by atoms with Crippen molar-refractivity contribution in [3.63, 3.8) is 0 Å². The lowest BCUT2D eigenvalue weighted by Gasteiger charge is -2.08. The van der Waals surface area contributed by atoms with Crippen molar-refractivity contribution in [2.24, 2.45) is 5.14 Å². The van der Waals surface area contributed by atoms with Crippen molar-refractivity contribution < 1.29 is 0 Å². The number of rotatable bonds is 3. The van der Waals surface area contributed by atoms with E-state index in [1.807, 2.05) is 42.5 Å². The number of para-hydroxylation sites is 1. The topological polar surface area (TPSA) is 75.9 Å². The molecule has 2 aromatic carbocycles. The van der Waals surface area contributed by atoms with Gasteiger partial charge >= 0.3 is 0 Å². The molecular weight excluding hydrogens is 230 g/mol. The van der Waals surface area contributed by atoms with Gasteiger partial charge in [0.1, 0.15) is 0 Å². The minimum absolute atomic E-state index is 0.416. The van der Waals surface area contributed by atoms with Gasteiger partial charge in [0.15, 0.2) is 0 Å². The highest BCUT2D eigenvalue weighted by Gasteiger charge is 2.08. The summed E-state index contributed by atoms with van der Waals surface area (Å²) < 4.78 is 0. The van der Waals surface area contributed by atoms with Gasteiger partial charge in [0.25, 0.3) is 0 Å². The van der Waals surface area contributed by atoms with Gasteiger partial charge in [-0.25, -0.2) is 0 Å². The van der Waals surface area contributed by atoms with Gasteiger partial charge in [0.05, 0.1) is 5.71 Å². The summed E-state index contributed by atoms with van der Waals surface area (Å²) in [5.41, 5.74) is 8.45. The summed E-state index contributed by atoms with van der Waals surface area (Å²) in [5, 5.41) is 13.7. The summed E-state index contributed by atoms with van der Waals surface area (Å²) >= 11 is 1.17. The summed E-state index contributed by atoms with van der Waals surface area (Å²) in [6.45, 7) is 0. The minimum Gasteiger partial charge on any atom is -0.398 e. The van der Waals surface area contributed by atoms with Gasteiger partial charge in [0, 0.05) is 21.7 Å². The van der Waals surface area contributed by atoms with Crippen LogP contribution in [0.4, 0.5) is 5.69 Å². The van der Waals surface area contributed by atoms with Crippen LogP contribution in [0, 0.1) is 5.41 Å². The maximum Gasteiger partial charge on any atom is 0.0705 e. The third kappa shape index (κ3) is 2.49. The van der Waals surface area contributed by atoms with Crippen LogP contribution in [0.25, 0.3) is 0 Å². The molecule has 0 aromatic heterocycles. The Kier molecular flexibility index (Phi) is 3.46. The smallest absolute Gasteiger partial charge is 0.0705 e. The van der Waals surface area contributed by atoms with Crippen LogP contribution in [-0.4, -0.2) is 5.71 Å². The van der Waals surface area contributed by atoms with Crippen molar-refractivity contribution in [2.45, 2.75) is 4.90 Å². The quantitative estimate of drug-likeness (QED) is 0.440. The average molecular weight is 243 g/mol. The molecule has 4 heteroatoms. The summed E-state index contributed by atoms with van der Waals surface area (Å²) in [6, 6.07) is 15.0. The van der Waals surface area contributed by atoms with E-state index in [9.17, 15) is 0 Å². The summed E-state index contributed by atoms with van der Waals surface area (Å²) in [7, 11) is 0. The van der Waals surface area contributed by atoms with Crippen molar-refractivity contribution in [3.8, 4) is 0 Å². The Balaban J connectivity index is 2.40. The third-order valence-electron chi connectivity index (χ3n) is 2.49. The van der Waals surface area contributed by atoms with E-state index in [0.29, 0.717) is 11.4 Å². The predicted octanol–water partition coefficient (Wildman–Crippen LogP) is 2.65. The molecule has 17 heavy (non-hydrogen) atoms. The molecule has 0 spiro atoms. The molecule has 0 fully saturated rings. The number of nitrogens with one attached hydrogen (secondary N) is 1. The highest BCUT2D eigenvalue weighted by Crippen LogP contribution is 2.19. The second kappa shape index (κ2) is 5.03. The highest BCUT2D eigenvalue weighted by atomic mass is 32.2. The van der Waals surface area contributed by atoms with Crippen molar-refractivity contribution in [1.29, 1.82) is 5.41 Å². The average Bonchev–Trinajstić information content (AvgIpc) is 2.38. The molecule has 0 aliphatic rings. The van der Waals surface area contributed by atoms with Gasteiger partial charge in [-0.1, -0.05) is 30.3 Å². The zero-order valence-electron chi connectivity index (χ0n) is 9.18. The predicted molar refractivity (Wildman–Crippen MR) is 73.3 cm³/mol. The van der Waals surface area contributed by atoms with E-state index in [0.717, 1.165) is 16.0 Å². The first-order valence-electron chi connectivity index (χ1n) is 5.13. The zero-order valence-corrected chi connectivity index (χ0v) is 10.00. The minimum atomic E-state index is 0.416. The fraction of sp³-hybridized carbons (Fsp3) is 0. The van der Waals surface area contributed by atoms with Gasteiger partial charge in [-0.05, 0) is 30.1 Å². The first kappa shape index (κ1) is 11.7. The van der Waals surface area contributed by atoms with E-state index in [2.05, 4.69) is 0 Å². The highest BCUT2D eigenvalue weighted by molar-refractivity contribution is 7.97. The molecule has 0 saturated heterocycles. The van der Waals surface area contributed by atoms with Crippen LogP contribution >= 0.6 is 11.9 Å². The molecule has 2 rings (SSSR count). The van der Waals surface area contributed by atoms with E-state index in [4.69, 9.17) is 16.3 Å². The first-order chi connectivity index (χ1) is 8.22. The van der Waals surface area contributed by atoms with Crippen molar-refractivity contribution >= 4 is 23.3 Å². The number of nitrogen functional groups attached to an aromatic ring is 1. The number of anilines is 1. The zero-order chi connectivity index (χ0) is 12.3. The molecule has 0 heterocycles. The first-order valence-corrected chi connectivity index (χ1v) is 6.01. The van der Waals surface area contributed by atoms with Gasteiger partial charge in [-0.15, -0.1) is 0 Å². The van der Waals surface area contributed by atoms with E-state index in [1.54, 1.807) is 6.07 Å². The molecule has 2 aromatic rings. The number of benzene rings is 2. The Hall–Kier alpha value is -1.78. The largest absolute Gasteiger partial charge is 0.398 e. The third-order valence-corrected chi connectivity index (χ3v) is 3.02. The van der Waals surface area contributed by atoms with Gasteiger partial charge in [0.2, 0.25) is 0 Å². The van der Waals surface area contributed by atoms with Crippen LogP contribution < -0.4 is 10.9 Å². The fourth-order valence-corrected chi connectivity index (χ4v) is 1.96. The molecule has 0 atom stereocenters. The maximum atomic E-state index is 8.15. The van der Waals surface area contributed by atoms with E-state index in [1.165, 1.54) is 11.9 Å². The summed E-state index contributed by atoms with van der Waals surface area (Å²) in [4.78, 5) is 0.932. The van der Waals surface area contributed by atoms with Gasteiger partial charge in [-0.3, -0.25) is 10.5 Å². The summed E-state index contributed by atoms with van der Waals surface area (Å²) in [5.74, 6) is 0. The van der Waals surface area contributed by atoms with E-state index in [-0.39, 0.29) is 0 Å². The van der Waals surface area contributed by atoms with Crippen LogP contribution in [-0.2, 0) is 0 Å². The number of hydrogen-bond donors (Lipinski definition) is 3. The Morgan fingerprint density at radius 2 is 1.82 bits per heavy atom. The van der Waals surface area contributed by atoms with Crippen molar-refractivity contribution in [1.82, 2.24) is 0 Å². The molecule has 0 amide bonds. The van der Waals surface area contributed by atoms with Crippen molar-refractivity contribution in [2.75, 3.05) is 5.73 Å². The van der Waals surface area contributed by atoms with E-state index >= 15 is 0 Å². The molecule has 3 nitrogen and oxygen atoms in total. The Labute approximate surface area is 104 Å². The molecule has 5 N–H and O–H groups in total. The van der Waals surface area contributed by atoms with Gasteiger partial charge < -0.3 is 5.73 Å². The van der Waals surface area contributed by atoms with Gasteiger partial charge in [-0.2, -0.15) is 0 Å². The lowest BCUT2D eigenvalue weighted by atomic mass is 10.0. The second-order valence-electron chi connectivity index (χ2n) is 3.61. The van der Waals surface area contributed by atoms with Crippen LogP contribution in [0.3, 0.4) is 0 Å². The second-order valence-corrected chi connectivity index (χ2v) is 4.32. The maximum absolute atomic E-state index is 8.15. The molecule has 0 unspecified atom stereocenters. The Morgan fingerprint density at radius 3 is 2.53 bits per heavy atom. The lowest BCUT2D eigenvalue weighted by molar-refractivity contribution is 1.40. The van der Waals surface area contributed by atoms with E-state index < -0.39 is 0 Å². The molecule has 0 aliphatic carbocycles. The van der Waals surface area contributed by atoms with Crippen LogP contribution in [0.15, 0.2) is 53.4 Å². The monoisotopic (exact) mass is 243 g/mol. The molecular formula is C13H13N3S. The Bertz CT molecular complexity index is 552. The molecule has 0 aliphatic heterocycles. The van der Waals surface area contributed by atoms with Crippen LogP contribution in [0.1, 0.15) is 11.1 Å². The number of nitrogens with two attached hydrogens (primary N) is 2. The molecule has 86 valence electrons. The van der Waals surface area contributed by atoms with Crippen molar-refractivity contribution in [3.05, 3.63) is 59.7 Å².